The van der Waals surface area contributed by atoms with Crippen LogP contribution in [0.3, 0.4) is 0 Å². The number of anilines is 2. The first-order valence-electron chi connectivity index (χ1n) is 8.85. The molecule has 134 valence electrons. The molecule has 2 aromatic rings. The number of fused-ring (bicyclic) bond motifs is 1. The van der Waals surface area contributed by atoms with Gasteiger partial charge in [0.15, 0.2) is 5.78 Å². The van der Waals surface area contributed by atoms with Crippen LogP contribution in [0, 0.1) is 0 Å². The number of allylic oxidation sites excluding steroid dienone is 3. The summed E-state index contributed by atoms with van der Waals surface area (Å²) in [5, 5.41) is 0. The van der Waals surface area contributed by atoms with Gasteiger partial charge in [-0.3, -0.25) is 4.79 Å². The van der Waals surface area contributed by atoms with Crippen LogP contribution in [0.1, 0.15) is 25.0 Å². The number of hydrogen-bond donors (Lipinski definition) is 0. The number of carbonyl (C=O) groups is 1. The molecule has 0 aromatic heterocycles. The Balaban J connectivity index is 1.81. The summed E-state index contributed by atoms with van der Waals surface area (Å²) in [5.74, 6) is 0.00409. The third kappa shape index (κ3) is 3.30. The van der Waals surface area contributed by atoms with Crippen LogP contribution in [-0.4, -0.2) is 26.9 Å². The van der Waals surface area contributed by atoms with Gasteiger partial charge in [-0.25, -0.2) is 0 Å². The lowest BCUT2D eigenvalue weighted by atomic mass is 9.83. The van der Waals surface area contributed by atoms with Gasteiger partial charge >= 0.3 is 0 Å². The van der Waals surface area contributed by atoms with Crippen LogP contribution < -0.4 is 9.80 Å². The Labute approximate surface area is 156 Å². The topological polar surface area (TPSA) is 23.6 Å². The molecule has 0 bridgehead atoms. The predicted molar refractivity (Wildman–Crippen MR) is 111 cm³/mol. The molecule has 3 rings (SSSR count). The van der Waals surface area contributed by atoms with Crippen molar-refractivity contribution in [1.82, 2.24) is 0 Å². The highest BCUT2D eigenvalue weighted by molar-refractivity contribution is 6.03. The molecule has 0 saturated carbocycles. The summed E-state index contributed by atoms with van der Waals surface area (Å²) < 4.78 is 0. The molecule has 0 radical (unpaired) electrons. The molecule has 0 amide bonds. The zero-order valence-electron chi connectivity index (χ0n) is 16.2. The predicted octanol–water partition coefficient (Wildman–Crippen LogP) is 4.65. The third-order valence-electron chi connectivity index (χ3n) is 5.07. The van der Waals surface area contributed by atoms with Crippen molar-refractivity contribution in [3.05, 3.63) is 77.5 Å². The number of ketones is 1. The molecule has 26 heavy (non-hydrogen) atoms. The molecule has 0 aliphatic carbocycles. The smallest absolute Gasteiger partial charge is 0.180 e. The van der Waals surface area contributed by atoms with E-state index in [9.17, 15) is 4.79 Å². The van der Waals surface area contributed by atoms with E-state index in [0.29, 0.717) is 0 Å². The average Bonchev–Trinajstić information content (AvgIpc) is 2.81. The number of benzene rings is 2. The van der Waals surface area contributed by atoms with Crippen molar-refractivity contribution in [3.63, 3.8) is 0 Å². The maximum atomic E-state index is 12.5. The molecule has 0 unspecified atom stereocenters. The first-order valence-corrected chi connectivity index (χ1v) is 8.85. The number of hydrogen-bond acceptors (Lipinski definition) is 3. The Kier molecular flexibility index (Phi) is 4.73. The highest BCUT2D eigenvalue weighted by Crippen LogP contribution is 2.46. The fourth-order valence-corrected chi connectivity index (χ4v) is 3.50. The van der Waals surface area contributed by atoms with Crippen molar-refractivity contribution in [2.24, 2.45) is 0 Å². The van der Waals surface area contributed by atoms with Gasteiger partial charge in [-0.05, 0) is 35.4 Å². The highest BCUT2D eigenvalue weighted by Gasteiger charge is 2.38. The molecule has 2 aromatic carbocycles. The number of likely N-dealkylation sites (N-methyl/N-ethyl adjacent to an activating group) is 1. The molecule has 1 aliphatic heterocycles. The molecule has 1 heterocycles. The Hall–Kier alpha value is -2.81. The zero-order chi connectivity index (χ0) is 18.9. The summed E-state index contributed by atoms with van der Waals surface area (Å²) in [6, 6.07) is 16.5. The minimum Gasteiger partial charge on any atom is -0.378 e. The van der Waals surface area contributed by atoms with Crippen LogP contribution in [0.4, 0.5) is 11.4 Å². The van der Waals surface area contributed by atoms with Gasteiger partial charge in [-0.1, -0.05) is 50.3 Å². The number of rotatable bonds is 4. The summed E-state index contributed by atoms with van der Waals surface area (Å²) in [5.41, 5.74) is 5.43. The second kappa shape index (κ2) is 6.83. The van der Waals surface area contributed by atoms with Gasteiger partial charge in [0.1, 0.15) is 0 Å². The monoisotopic (exact) mass is 346 g/mol. The zero-order valence-corrected chi connectivity index (χ0v) is 16.2. The van der Waals surface area contributed by atoms with E-state index in [2.05, 4.69) is 41.8 Å². The lowest BCUT2D eigenvalue weighted by Crippen LogP contribution is -2.23. The van der Waals surface area contributed by atoms with Crippen molar-refractivity contribution in [2.75, 3.05) is 30.9 Å². The largest absolute Gasteiger partial charge is 0.378 e. The number of carbonyl (C=O) groups excluding carboxylic acids is 1. The molecular formula is C23H26N2O. The Bertz CT molecular complexity index is 873. The van der Waals surface area contributed by atoms with Gasteiger partial charge in [0, 0.05) is 49.7 Å². The maximum absolute atomic E-state index is 12.5. The van der Waals surface area contributed by atoms with E-state index in [1.165, 1.54) is 11.3 Å². The molecule has 0 fully saturated rings. The Morgan fingerprint density at radius 1 is 1.04 bits per heavy atom. The number of nitrogens with zero attached hydrogens (tertiary/aromatic N) is 2. The van der Waals surface area contributed by atoms with Gasteiger partial charge in [0.05, 0.1) is 0 Å². The van der Waals surface area contributed by atoms with E-state index in [4.69, 9.17) is 0 Å². The van der Waals surface area contributed by atoms with E-state index in [0.717, 1.165) is 16.9 Å². The van der Waals surface area contributed by atoms with Crippen LogP contribution in [0.5, 0.6) is 0 Å². The molecule has 3 heteroatoms. The summed E-state index contributed by atoms with van der Waals surface area (Å²) in [4.78, 5) is 16.7. The van der Waals surface area contributed by atoms with Crippen LogP contribution in [0.2, 0.25) is 0 Å². The second-order valence-corrected chi connectivity index (χ2v) is 7.45. The molecule has 0 spiro atoms. The Morgan fingerprint density at radius 3 is 2.31 bits per heavy atom. The first-order chi connectivity index (χ1) is 12.3. The summed E-state index contributed by atoms with van der Waals surface area (Å²) in [6.45, 7) is 4.33. The second-order valence-electron chi connectivity index (χ2n) is 7.45. The molecule has 3 nitrogen and oxygen atoms in total. The van der Waals surface area contributed by atoms with Gasteiger partial charge in [0.25, 0.3) is 0 Å². The van der Waals surface area contributed by atoms with Crippen molar-refractivity contribution >= 4 is 23.2 Å². The van der Waals surface area contributed by atoms with Crippen molar-refractivity contribution in [3.8, 4) is 0 Å². The summed E-state index contributed by atoms with van der Waals surface area (Å²) in [7, 11) is 6.05. The third-order valence-corrected chi connectivity index (χ3v) is 5.07. The maximum Gasteiger partial charge on any atom is 0.180 e. The minimum absolute atomic E-state index is 0.00409. The van der Waals surface area contributed by atoms with Gasteiger partial charge < -0.3 is 9.80 Å². The lowest BCUT2D eigenvalue weighted by molar-refractivity contribution is -0.110. The van der Waals surface area contributed by atoms with E-state index in [1.54, 1.807) is 12.2 Å². The minimum atomic E-state index is -0.178. The fraction of sp³-hybridized carbons (Fsp3) is 0.261. The Morgan fingerprint density at radius 2 is 1.69 bits per heavy atom. The summed E-state index contributed by atoms with van der Waals surface area (Å²) in [6.07, 6.45) is 5.27. The van der Waals surface area contributed by atoms with Gasteiger partial charge in [-0.15, -0.1) is 0 Å². The first kappa shape index (κ1) is 18.0. The van der Waals surface area contributed by atoms with Gasteiger partial charge in [0.2, 0.25) is 0 Å². The van der Waals surface area contributed by atoms with Crippen molar-refractivity contribution in [2.45, 2.75) is 19.3 Å². The number of para-hydroxylation sites is 1. The van der Waals surface area contributed by atoms with Gasteiger partial charge in [-0.2, -0.15) is 0 Å². The van der Waals surface area contributed by atoms with E-state index in [1.807, 2.05) is 57.6 Å². The lowest BCUT2D eigenvalue weighted by Gasteiger charge is -2.23. The van der Waals surface area contributed by atoms with E-state index < -0.39 is 0 Å². The average molecular weight is 346 g/mol. The molecular weight excluding hydrogens is 320 g/mol. The van der Waals surface area contributed by atoms with Crippen LogP contribution >= 0.6 is 0 Å². The van der Waals surface area contributed by atoms with Crippen LogP contribution in [0.15, 0.2) is 66.4 Å². The normalized spacial score (nSPS) is 17.0. The molecule has 0 N–H and O–H groups in total. The standard InChI is InChI=1S/C23H26N2O/c1-23(2)20-8-6-7-9-21(20)25(5)22(23)16-19(26)15-12-17-10-13-18(14-11-17)24(3)4/h6-16H,1-5H3. The molecule has 0 atom stereocenters. The van der Waals surface area contributed by atoms with Crippen molar-refractivity contribution in [1.29, 1.82) is 0 Å². The molecule has 0 saturated heterocycles. The highest BCUT2D eigenvalue weighted by atomic mass is 16.1. The van der Waals surface area contributed by atoms with E-state index >= 15 is 0 Å². The summed E-state index contributed by atoms with van der Waals surface area (Å²) >= 11 is 0. The van der Waals surface area contributed by atoms with Crippen molar-refractivity contribution < 1.29 is 4.79 Å². The fourth-order valence-electron chi connectivity index (χ4n) is 3.50. The SMILES string of the molecule is CN(C)c1ccc(C=CC(=O)C=C2N(C)c3ccccc3C2(C)C)cc1. The van der Waals surface area contributed by atoms with Crippen LogP contribution in [-0.2, 0) is 10.2 Å². The van der Waals surface area contributed by atoms with Crippen LogP contribution in [0.25, 0.3) is 6.08 Å². The molecule has 1 aliphatic rings. The van der Waals surface area contributed by atoms with E-state index in [-0.39, 0.29) is 11.2 Å². The quantitative estimate of drug-likeness (QED) is 0.753.